The largest absolute Gasteiger partial charge is 0.460 e. The maximum absolute atomic E-state index is 11.8. The van der Waals surface area contributed by atoms with Crippen molar-refractivity contribution in [1.82, 2.24) is 10.3 Å². The fourth-order valence-electron chi connectivity index (χ4n) is 1.56. The molecule has 0 spiro atoms. The predicted octanol–water partition coefficient (Wildman–Crippen LogP) is 2.75. The molecule has 5 nitrogen and oxygen atoms in total. The second-order valence-corrected chi connectivity index (χ2v) is 6.95. The highest BCUT2D eigenvalue weighted by atomic mass is 32.1. The lowest BCUT2D eigenvalue weighted by molar-refractivity contribution is -0.155. The molecule has 0 saturated carbocycles. The first-order valence-electron chi connectivity index (χ1n) is 6.61. The van der Waals surface area contributed by atoms with E-state index in [1.165, 1.54) is 0 Å². The summed E-state index contributed by atoms with van der Waals surface area (Å²) in [7, 11) is 0. The van der Waals surface area contributed by atoms with Gasteiger partial charge in [0.05, 0.1) is 12.5 Å². The van der Waals surface area contributed by atoms with Crippen molar-refractivity contribution in [2.75, 3.05) is 0 Å². The van der Waals surface area contributed by atoms with Crippen LogP contribution >= 0.6 is 11.3 Å². The fraction of sp³-hybridized carbons (Fsp3) is 0.643. The molecule has 1 N–H and O–H groups in total. The van der Waals surface area contributed by atoms with Gasteiger partial charge in [-0.15, -0.1) is 11.3 Å². The Balaban J connectivity index is 2.35. The highest BCUT2D eigenvalue weighted by Gasteiger charge is 2.18. The number of hydrogen-bond donors (Lipinski definition) is 1. The standard InChI is InChI=1S/C14H22N2O3S/c1-9-8-15-13(20-9)10(2)16-11(17)6-7-12(18)19-14(3,4)5/h8,10H,6-7H2,1-5H3,(H,16,17). The first kappa shape index (κ1) is 16.6. The Morgan fingerprint density at radius 3 is 2.55 bits per heavy atom. The monoisotopic (exact) mass is 298 g/mol. The van der Waals surface area contributed by atoms with Crippen LogP contribution in [0.1, 0.15) is 56.5 Å². The van der Waals surface area contributed by atoms with Gasteiger partial charge in [0, 0.05) is 17.5 Å². The Hall–Kier alpha value is -1.43. The van der Waals surface area contributed by atoms with Crippen molar-refractivity contribution in [1.29, 1.82) is 0 Å². The molecule has 1 unspecified atom stereocenters. The first-order valence-corrected chi connectivity index (χ1v) is 7.42. The number of hydrogen-bond acceptors (Lipinski definition) is 5. The number of nitrogens with zero attached hydrogens (tertiary/aromatic N) is 1. The molecule has 1 aromatic heterocycles. The van der Waals surface area contributed by atoms with Gasteiger partial charge in [-0.3, -0.25) is 9.59 Å². The quantitative estimate of drug-likeness (QED) is 0.849. The van der Waals surface area contributed by atoms with E-state index >= 15 is 0 Å². The summed E-state index contributed by atoms with van der Waals surface area (Å²) in [5.74, 6) is -0.526. The van der Waals surface area contributed by atoms with Gasteiger partial charge in [0.25, 0.3) is 0 Å². The predicted molar refractivity (Wildman–Crippen MR) is 78.5 cm³/mol. The molecule has 0 fully saturated rings. The van der Waals surface area contributed by atoms with Gasteiger partial charge >= 0.3 is 5.97 Å². The van der Waals surface area contributed by atoms with Crippen molar-refractivity contribution in [3.8, 4) is 0 Å². The van der Waals surface area contributed by atoms with E-state index in [1.54, 1.807) is 38.3 Å². The molecule has 0 aliphatic heterocycles. The summed E-state index contributed by atoms with van der Waals surface area (Å²) < 4.78 is 5.15. The third-order valence-electron chi connectivity index (χ3n) is 2.36. The van der Waals surface area contributed by atoms with Crippen molar-refractivity contribution in [3.63, 3.8) is 0 Å². The maximum Gasteiger partial charge on any atom is 0.306 e. The van der Waals surface area contributed by atoms with E-state index in [1.807, 2.05) is 13.8 Å². The third kappa shape index (κ3) is 6.14. The second-order valence-electron chi connectivity index (χ2n) is 5.68. The molecular weight excluding hydrogens is 276 g/mol. The summed E-state index contributed by atoms with van der Waals surface area (Å²) in [4.78, 5) is 28.6. The smallest absolute Gasteiger partial charge is 0.306 e. The Labute approximate surface area is 123 Å². The number of thiazole rings is 1. The highest BCUT2D eigenvalue weighted by Crippen LogP contribution is 2.19. The summed E-state index contributed by atoms with van der Waals surface area (Å²) in [5, 5.41) is 3.70. The summed E-state index contributed by atoms with van der Waals surface area (Å²) >= 11 is 1.55. The average molecular weight is 298 g/mol. The lowest BCUT2D eigenvalue weighted by Gasteiger charge is -2.19. The molecule has 1 aromatic rings. The Morgan fingerprint density at radius 1 is 1.40 bits per heavy atom. The van der Waals surface area contributed by atoms with Crippen LogP contribution in [-0.4, -0.2) is 22.5 Å². The van der Waals surface area contributed by atoms with E-state index in [0.717, 1.165) is 9.88 Å². The van der Waals surface area contributed by atoms with Gasteiger partial charge in [-0.05, 0) is 34.6 Å². The highest BCUT2D eigenvalue weighted by molar-refractivity contribution is 7.11. The van der Waals surface area contributed by atoms with Gasteiger partial charge in [-0.25, -0.2) is 4.98 Å². The minimum Gasteiger partial charge on any atom is -0.460 e. The number of carbonyl (C=O) groups is 2. The van der Waals surface area contributed by atoms with Crippen molar-refractivity contribution in [2.24, 2.45) is 0 Å². The van der Waals surface area contributed by atoms with Gasteiger partial charge in [0.2, 0.25) is 5.91 Å². The molecule has 0 bridgehead atoms. The molecular formula is C14H22N2O3S. The van der Waals surface area contributed by atoms with Gasteiger partial charge in [0.1, 0.15) is 10.6 Å². The third-order valence-corrected chi connectivity index (χ3v) is 3.46. The van der Waals surface area contributed by atoms with Crippen LogP contribution in [0.2, 0.25) is 0 Å². The number of nitrogens with one attached hydrogen (secondary N) is 1. The summed E-state index contributed by atoms with van der Waals surface area (Å²) in [6.45, 7) is 9.26. The molecule has 0 saturated heterocycles. The number of amides is 1. The minimum atomic E-state index is -0.515. The molecule has 0 aliphatic rings. The molecule has 112 valence electrons. The van der Waals surface area contributed by atoms with Crippen LogP contribution in [0.15, 0.2) is 6.20 Å². The molecule has 1 amide bonds. The Morgan fingerprint density at radius 2 is 2.05 bits per heavy atom. The summed E-state index contributed by atoms with van der Waals surface area (Å²) in [6, 6.07) is -0.139. The zero-order valence-electron chi connectivity index (χ0n) is 12.6. The number of ether oxygens (including phenoxy) is 1. The van der Waals surface area contributed by atoms with E-state index in [0.29, 0.717) is 0 Å². The number of rotatable bonds is 5. The molecule has 20 heavy (non-hydrogen) atoms. The normalized spacial score (nSPS) is 12.8. The number of carbonyl (C=O) groups excluding carboxylic acids is 2. The van der Waals surface area contributed by atoms with Gasteiger partial charge < -0.3 is 10.1 Å². The number of aromatic nitrogens is 1. The summed E-state index contributed by atoms with van der Waals surface area (Å²) in [5.41, 5.74) is -0.515. The SMILES string of the molecule is Cc1cnc(C(C)NC(=O)CCC(=O)OC(C)(C)C)s1. The van der Waals surface area contributed by atoms with E-state index in [2.05, 4.69) is 10.3 Å². The first-order chi connectivity index (χ1) is 9.17. The molecule has 6 heteroatoms. The average Bonchev–Trinajstić information content (AvgIpc) is 2.71. The van der Waals surface area contributed by atoms with E-state index in [4.69, 9.17) is 4.74 Å². The maximum atomic E-state index is 11.8. The van der Waals surface area contributed by atoms with E-state index < -0.39 is 5.60 Å². The zero-order valence-corrected chi connectivity index (χ0v) is 13.5. The van der Waals surface area contributed by atoms with Crippen molar-refractivity contribution in [2.45, 2.75) is 59.1 Å². The Bertz CT molecular complexity index is 477. The topological polar surface area (TPSA) is 68.3 Å². The van der Waals surface area contributed by atoms with E-state index in [9.17, 15) is 9.59 Å². The number of esters is 1. The van der Waals surface area contributed by atoms with Crippen molar-refractivity contribution < 1.29 is 14.3 Å². The molecule has 1 rings (SSSR count). The molecule has 0 aromatic carbocycles. The fourth-order valence-corrected chi connectivity index (χ4v) is 2.33. The van der Waals surface area contributed by atoms with Crippen LogP contribution in [0.3, 0.4) is 0 Å². The van der Waals surface area contributed by atoms with Crippen molar-refractivity contribution >= 4 is 23.2 Å². The van der Waals surface area contributed by atoms with Crippen LogP contribution in [0, 0.1) is 6.92 Å². The lowest BCUT2D eigenvalue weighted by atomic mass is 10.2. The van der Waals surface area contributed by atoms with Gasteiger partial charge in [0.15, 0.2) is 0 Å². The molecule has 1 atom stereocenters. The second kappa shape index (κ2) is 6.83. The van der Waals surface area contributed by atoms with Crippen LogP contribution in [0.25, 0.3) is 0 Å². The van der Waals surface area contributed by atoms with Crippen molar-refractivity contribution in [3.05, 3.63) is 16.1 Å². The van der Waals surface area contributed by atoms with Crippen LogP contribution < -0.4 is 5.32 Å². The van der Waals surface area contributed by atoms with E-state index in [-0.39, 0.29) is 30.8 Å². The van der Waals surface area contributed by atoms with Crippen LogP contribution in [-0.2, 0) is 14.3 Å². The molecule has 0 aliphatic carbocycles. The van der Waals surface area contributed by atoms with Gasteiger partial charge in [-0.1, -0.05) is 0 Å². The summed E-state index contributed by atoms with van der Waals surface area (Å²) in [6.07, 6.45) is 2.00. The lowest BCUT2D eigenvalue weighted by Crippen LogP contribution is -2.28. The number of aryl methyl sites for hydroxylation is 1. The van der Waals surface area contributed by atoms with Crippen LogP contribution in [0.4, 0.5) is 0 Å². The molecule has 0 radical (unpaired) electrons. The van der Waals surface area contributed by atoms with Crippen LogP contribution in [0.5, 0.6) is 0 Å². The van der Waals surface area contributed by atoms with Gasteiger partial charge in [-0.2, -0.15) is 0 Å². The zero-order chi connectivity index (χ0) is 15.3. The minimum absolute atomic E-state index is 0.0900. The molecule has 1 heterocycles. The Kier molecular flexibility index (Phi) is 5.68.